The lowest BCUT2D eigenvalue weighted by atomic mass is 10.3. The maximum atomic E-state index is 5.87. The second kappa shape index (κ2) is 4.94. The van der Waals surface area contributed by atoms with Gasteiger partial charge < -0.3 is 14.8 Å². The Morgan fingerprint density at radius 3 is 2.88 bits per heavy atom. The van der Waals surface area contributed by atoms with E-state index in [1.807, 2.05) is 13.8 Å². The number of anilines is 1. The molecule has 7 heteroatoms. The van der Waals surface area contributed by atoms with Crippen molar-refractivity contribution in [2.75, 3.05) is 18.5 Å². The van der Waals surface area contributed by atoms with Gasteiger partial charge in [-0.1, -0.05) is 23.2 Å². The zero-order valence-corrected chi connectivity index (χ0v) is 11.0. The summed E-state index contributed by atoms with van der Waals surface area (Å²) in [6.45, 7) is 4.88. The van der Waals surface area contributed by atoms with Crippen LogP contribution in [0.2, 0.25) is 10.3 Å². The fourth-order valence-electron chi connectivity index (χ4n) is 1.56. The number of hydrogen-bond donors (Lipinski definition) is 1. The Morgan fingerprint density at radius 1 is 1.47 bits per heavy atom. The van der Waals surface area contributed by atoms with Crippen molar-refractivity contribution >= 4 is 28.9 Å². The molecule has 1 aromatic rings. The molecule has 1 saturated heterocycles. The van der Waals surface area contributed by atoms with Gasteiger partial charge in [-0.15, -0.1) is 10.2 Å². The molecule has 1 N–H and O–H groups in total. The summed E-state index contributed by atoms with van der Waals surface area (Å²) >= 11 is 11.6. The van der Waals surface area contributed by atoms with Gasteiger partial charge in [0.15, 0.2) is 16.1 Å². The molecule has 0 aliphatic carbocycles. The molecule has 2 rings (SSSR count). The van der Waals surface area contributed by atoms with Crippen LogP contribution in [0.25, 0.3) is 0 Å². The number of nitrogens with one attached hydrogen (secondary N) is 1. The Morgan fingerprint density at radius 2 is 2.24 bits per heavy atom. The summed E-state index contributed by atoms with van der Waals surface area (Å²) in [7, 11) is 0. The van der Waals surface area contributed by atoms with Crippen molar-refractivity contribution in [1.29, 1.82) is 0 Å². The fraction of sp³-hybridized carbons (Fsp3) is 0.600. The van der Waals surface area contributed by atoms with E-state index in [0.717, 1.165) is 0 Å². The molecule has 1 unspecified atom stereocenters. The van der Waals surface area contributed by atoms with Crippen LogP contribution in [-0.2, 0) is 9.47 Å². The standard InChI is InChI=1S/C10H13Cl2N3O2/c1-10(2)16-5-6(17-10)4-13-7-3-8(11)14-15-9(7)12/h3,6H,4-5H2,1-2H3,(H,13,14). The SMILES string of the molecule is CC1(C)OCC(CNc2cc(Cl)nnc2Cl)O1. The highest BCUT2D eigenvalue weighted by Crippen LogP contribution is 2.24. The van der Waals surface area contributed by atoms with Gasteiger partial charge in [0.1, 0.15) is 6.10 Å². The molecule has 0 aromatic carbocycles. The van der Waals surface area contributed by atoms with Gasteiger partial charge in [0.25, 0.3) is 0 Å². The normalized spacial score (nSPS) is 22.7. The van der Waals surface area contributed by atoms with Crippen LogP contribution in [0.1, 0.15) is 13.8 Å². The molecule has 0 bridgehead atoms. The lowest BCUT2D eigenvalue weighted by Crippen LogP contribution is -2.26. The number of aromatic nitrogens is 2. The summed E-state index contributed by atoms with van der Waals surface area (Å²) in [5, 5.41) is 11.0. The van der Waals surface area contributed by atoms with Crippen LogP contribution in [0.5, 0.6) is 0 Å². The molecular weight excluding hydrogens is 265 g/mol. The van der Waals surface area contributed by atoms with Crippen molar-refractivity contribution in [3.05, 3.63) is 16.4 Å². The third-order valence-electron chi connectivity index (χ3n) is 2.31. The van der Waals surface area contributed by atoms with Gasteiger partial charge in [-0.2, -0.15) is 0 Å². The maximum Gasteiger partial charge on any atom is 0.174 e. The predicted octanol–water partition coefficient (Wildman–Crippen LogP) is 2.35. The topological polar surface area (TPSA) is 56.3 Å². The molecule has 94 valence electrons. The molecule has 5 nitrogen and oxygen atoms in total. The minimum atomic E-state index is -0.524. The van der Waals surface area contributed by atoms with E-state index in [2.05, 4.69) is 15.5 Å². The molecule has 1 fully saturated rings. The molecule has 1 aliphatic heterocycles. The molecule has 1 aliphatic rings. The number of ether oxygens (including phenoxy) is 2. The van der Waals surface area contributed by atoms with E-state index in [1.165, 1.54) is 0 Å². The van der Waals surface area contributed by atoms with Gasteiger partial charge in [0, 0.05) is 12.6 Å². The van der Waals surface area contributed by atoms with Crippen molar-refractivity contribution in [2.45, 2.75) is 25.7 Å². The summed E-state index contributed by atoms with van der Waals surface area (Å²) < 4.78 is 11.1. The molecule has 1 aromatic heterocycles. The lowest BCUT2D eigenvalue weighted by Gasteiger charge is -2.17. The first-order valence-electron chi connectivity index (χ1n) is 5.21. The van der Waals surface area contributed by atoms with Gasteiger partial charge in [-0.25, -0.2) is 0 Å². The van der Waals surface area contributed by atoms with Crippen LogP contribution < -0.4 is 5.32 Å². The van der Waals surface area contributed by atoms with Crippen molar-refractivity contribution in [1.82, 2.24) is 10.2 Å². The monoisotopic (exact) mass is 277 g/mol. The lowest BCUT2D eigenvalue weighted by molar-refractivity contribution is -0.136. The van der Waals surface area contributed by atoms with Crippen molar-refractivity contribution in [2.24, 2.45) is 0 Å². The van der Waals surface area contributed by atoms with Crippen LogP contribution in [0, 0.1) is 0 Å². The van der Waals surface area contributed by atoms with E-state index in [0.29, 0.717) is 24.0 Å². The zero-order valence-electron chi connectivity index (χ0n) is 9.54. The Hall–Kier alpha value is -0.620. The molecule has 0 radical (unpaired) electrons. The molecule has 17 heavy (non-hydrogen) atoms. The third kappa shape index (κ3) is 3.42. The van der Waals surface area contributed by atoms with Crippen LogP contribution in [0.3, 0.4) is 0 Å². The van der Waals surface area contributed by atoms with Gasteiger partial charge in [-0.05, 0) is 13.8 Å². The Bertz CT molecular complexity index is 415. The van der Waals surface area contributed by atoms with E-state index < -0.39 is 5.79 Å². The highest BCUT2D eigenvalue weighted by atomic mass is 35.5. The average Bonchev–Trinajstić information content (AvgIpc) is 2.60. The smallest absolute Gasteiger partial charge is 0.174 e. The third-order valence-corrected chi connectivity index (χ3v) is 2.77. The minimum Gasteiger partial charge on any atom is -0.380 e. The molecule has 1 atom stereocenters. The Balaban J connectivity index is 1.92. The molecule has 0 spiro atoms. The first-order valence-corrected chi connectivity index (χ1v) is 5.96. The van der Waals surface area contributed by atoms with E-state index >= 15 is 0 Å². The second-order valence-corrected chi connectivity index (χ2v) is 4.95. The zero-order chi connectivity index (χ0) is 12.5. The summed E-state index contributed by atoms with van der Waals surface area (Å²) in [6, 6.07) is 1.62. The number of hydrogen-bond acceptors (Lipinski definition) is 5. The molecule has 2 heterocycles. The number of halogens is 2. The van der Waals surface area contributed by atoms with Crippen molar-refractivity contribution in [3.8, 4) is 0 Å². The summed E-state index contributed by atoms with van der Waals surface area (Å²) in [5.74, 6) is -0.524. The maximum absolute atomic E-state index is 5.87. The predicted molar refractivity (Wildman–Crippen MR) is 65.4 cm³/mol. The van der Waals surface area contributed by atoms with Crippen molar-refractivity contribution < 1.29 is 9.47 Å². The Kier molecular flexibility index (Phi) is 3.73. The van der Waals surface area contributed by atoms with Gasteiger partial charge in [0.05, 0.1) is 12.3 Å². The van der Waals surface area contributed by atoms with Crippen LogP contribution in [-0.4, -0.2) is 35.2 Å². The van der Waals surface area contributed by atoms with Crippen LogP contribution in [0.4, 0.5) is 5.69 Å². The van der Waals surface area contributed by atoms with Gasteiger partial charge in [-0.3, -0.25) is 0 Å². The van der Waals surface area contributed by atoms with E-state index in [-0.39, 0.29) is 11.3 Å². The summed E-state index contributed by atoms with van der Waals surface area (Å²) in [5.41, 5.74) is 0.639. The largest absolute Gasteiger partial charge is 0.380 e. The second-order valence-electron chi connectivity index (χ2n) is 4.20. The Labute approximate surface area is 109 Å². The van der Waals surface area contributed by atoms with Crippen LogP contribution >= 0.6 is 23.2 Å². The molecule has 0 amide bonds. The first kappa shape index (κ1) is 12.8. The number of nitrogens with zero attached hydrogens (tertiary/aromatic N) is 2. The minimum absolute atomic E-state index is 0.0204. The number of rotatable bonds is 3. The van der Waals surface area contributed by atoms with E-state index in [4.69, 9.17) is 32.7 Å². The molecule has 0 saturated carbocycles. The average molecular weight is 278 g/mol. The highest BCUT2D eigenvalue weighted by molar-refractivity contribution is 6.33. The quantitative estimate of drug-likeness (QED) is 0.919. The highest BCUT2D eigenvalue weighted by Gasteiger charge is 2.32. The van der Waals surface area contributed by atoms with E-state index in [1.54, 1.807) is 6.07 Å². The molecular formula is C10H13Cl2N3O2. The van der Waals surface area contributed by atoms with E-state index in [9.17, 15) is 0 Å². The fourth-order valence-corrected chi connectivity index (χ4v) is 1.87. The summed E-state index contributed by atoms with van der Waals surface area (Å²) in [6.07, 6.45) is -0.0204. The summed E-state index contributed by atoms with van der Waals surface area (Å²) in [4.78, 5) is 0. The van der Waals surface area contributed by atoms with Gasteiger partial charge in [0.2, 0.25) is 0 Å². The van der Waals surface area contributed by atoms with Crippen molar-refractivity contribution in [3.63, 3.8) is 0 Å². The first-order chi connectivity index (χ1) is 7.96. The van der Waals surface area contributed by atoms with Gasteiger partial charge >= 0.3 is 0 Å². The van der Waals surface area contributed by atoms with Crippen LogP contribution in [0.15, 0.2) is 6.07 Å².